The largest absolute Gasteiger partial charge is 0.496 e. The molecule has 14 heavy (non-hydrogen) atoms. The van der Waals surface area contributed by atoms with Gasteiger partial charge in [0, 0.05) is 12.0 Å². The van der Waals surface area contributed by atoms with E-state index in [1.165, 1.54) is 0 Å². The van der Waals surface area contributed by atoms with Crippen molar-refractivity contribution in [2.24, 2.45) is 5.84 Å². The number of likely N-dealkylation sites (N-methyl/N-ethyl adjacent to an activating group) is 1. The molecule has 1 aliphatic rings. The lowest BCUT2D eigenvalue weighted by Crippen LogP contribution is -2.58. The number of hydrogen-bond acceptors (Lipinski definition) is 4. The molecular weight excluding hydrogens is 178 g/mol. The van der Waals surface area contributed by atoms with Gasteiger partial charge in [-0.2, -0.15) is 0 Å². The molecule has 4 nitrogen and oxygen atoms in total. The number of ether oxygens (including phenoxy) is 1. The molecule has 0 aliphatic carbocycles. The Bertz CT molecular complexity index is 223. The molecule has 0 fully saturated rings. The minimum atomic E-state index is -0.0646. The summed E-state index contributed by atoms with van der Waals surface area (Å²) in [6, 6.07) is 0.0417. The van der Waals surface area contributed by atoms with Crippen molar-refractivity contribution in [3.8, 4) is 0 Å². The average molecular weight is 199 g/mol. The second kappa shape index (κ2) is 4.29. The van der Waals surface area contributed by atoms with E-state index in [-0.39, 0.29) is 11.6 Å². The average Bonchev–Trinajstić information content (AvgIpc) is 2.57. The molecule has 82 valence electrons. The summed E-state index contributed by atoms with van der Waals surface area (Å²) in [5.41, 5.74) is 2.77. The van der Waals surface area contributed by atoms with Crippen molar-refractivity contribution in [3.05, 3.63) is 11.8 Å². The van der Waals surface area contributed by atoms with E-state index in [9.17, 15) is 0 Å². The molecule has 1 unspecified atom stereocenters. The van der Waals surface area contributed by atoms with Crippen LogP contribution >= 0.6 is 0 Å². The van der Waals surface area contributed by atoms with Crippen LogP contribution in [0.4, 0.5) is 0 Å². The molecule has 0 aromatic heterocycles. The van der Waals surface area contributed by atoms with Gasteiger partial charge in [-0.1, -0.05) is 0 Å². The molecule has 1 heterocycles. The van der Waals surface area contributed by atoms with E-state index in [1.54, 1.807) is 0 Å². The van der Waals surface area contributed by atoms with Crippen LogP contribution in [0, 0.1) is 0 Å². The van der Waals surface area contributed by atoms with Crippen molar-refractivity contribution in [2.75, 3.05) is 20.7 Å². The highest BCUT2D eigenvalue weighted by atomic mass is 16.5. The lowest BCUT2D eigenvalue weighted by atomic mass is 9.92. The highest BCUT2D eigenvalue weighted by molar-refractivity contribution is 5.14. The van der Waals surface area contributed by atoms with Gasteiger partial charge < -0.3 is 9.64 Å². The Balaban J connectivity index is 2.79. The van der Waals surface area contributed by atoms with E-state index in [2.05, 4.69) is 30.2 Å². The molecule has 1 rings (SSSR count). The third-order valence-corrected chi connectivity index (χ3v) is 3.04. The zero-order chi connectivity index (χ0) is 10.8. The van der Waals surface area contributed by atoms with Crippen LogP contribution in [0.1, 0.15) is 20.3 Å². The number of hydrazine groups is 1. The van der Waals surface area contributed by atoms with Gasteiger partial charge in [-0.3, -0.25) is 5.84 Å². The predicted octanol–water partition coefficient (Wildman–Crippen LogP) is 0.463. The molecule has 0 saturated heterocycles. The Morgan fingerprint density at radius 1 is 1.57 bits per heavy atom. The summed E-state index contributed by atoms with van der Waals surface area (Å²) < 4.78 is 5.53. The van der Waals surface area contributed by atoms with E-state index < -0.39 is 0 Å². The van der Waals surface area contributed by atoms with Crippen LogP contribution in [0.3, 0.4) is 0 Å². The van der Waals surface area contributed by atoms with Gasteiger partial charge in [0.05, 0.1) is 12.6 Å². The Kier molecular flexibility index (Phi) is 3.53. The molecule has 0 bridgehead atoms. The first-order valence-corrected chi connectivity index (χ1v) is 4.96. The number of nitrogens with zero attached hydrogens (tertiary/aromatic N) is 1. The fourth-order valence-electron chi connectivity index (χ4n) is 1.53. The van der Waals surface area contributed by atoms with Crippen molar-refractivity contribution >= 4 is 0 Å². The summed E-state index contributed by atoms with van der Waals surface area (Å²) >= 11 is 0. The quantitative estimate of drug-likeness (QED) is 0.510. The number of hydrogen-bond donors (Lipinski definition) is 2. The van der Waals surface area contributed by atoms with Crippen molar-refractivity contribution < 1.29 is 4.74 Å². The second-order valence-electron chi connectivity index (χ2n) is 4.39. The maximum absolute atomic E-state index is 5.58. The van der Waals surface area contributed by atoms with Crippen LogP contribution in [-0.2, 0) is 4.74 Å². The van der Waals surface area contributed by atoms with Gasteiger partial charge in [0.1, 0.15) is 5.76 Å². The zero-order valence-electron chi connectivity index (χ0n) is 9.50. The molecule has 0 saturated carbocycles. The molecule has 0 amide bonds. The molecule has 0 spiro atoms. The SMILES string of the molecule is CN(C)C(C)(C)C(NN)C1=CCCO1. The first-order valence-electron chi connectivity index (χ1n) is 4.96. The highest BCUT2D eigenvalue weighted by Gasteiger charge is 2.35. The lowest BCUT2D eigenvalue weighted by molar-refractivity contribution is 0.110. The topological polar surface area (TPSA) is 50.5 Å². The second-order valence-corrected chi connectivity index (χ2v) is 4.39. The first kappa shape index (κ1) is 11.5. The summed E-state index contributed by atoms with van der Waals surface area (Å²) in [6.07, 6.45) is 3.09. The maximum atomic E-state index is 5.58. The Hall–Kier alpha value is -0.580. The maximum Gasteiger partial charge on any atom is 0.112 e. The van der Waals surface area contributed by atoms with Crippen molar-refractivity contribution in [1.29, 1.82) is 0 Å². The number of rotatable bonds is 4. The molecular formula is C10H21N3O. The van der Waals surface area contributed by atoms with E-state index in [1.807, 2.05) is 14.1 Å². The summed E-state index contributed by atoms with van der Waals surface area (Å²) in [4.78, 5) is 2.14. The van der Waals surface area contributed by atoms with E-state index in [0.717, 1.165) is 18.8 Å². The third-order valence-electron chi connectivity index (χ3n) is 3.04. The normalized spacial score (nSPS) is 19.4. The molecule has 4 heteroatoms. The minimum absolute atomic E-state index is 0.0417. The van der Waals surface area contributed by atoms with Crippen LogP contribution in [0.2, 0.25) is 0 Å². The molecule has 0 aromatic rings. The van der Waals surface area contributed by atoms with E-state index in [4.69, 9.17) is 10.6 Å². The van der Waals surface area contributed by atoms with Crippen LogP contribution in [0.15, 0.2) is 11.8 Å². The molecule has 1 aliphatic heterocycles. The van der Waals surface area contributed by atoms with Crippen LogP contribution in [-0.4, -0.2) is 37.2 Å². The standard InChI is InChI=1S/C10H21N3O/c1-10(2,13(3)4)9(12-11)8-6-5-7-14-8/h6,9,12H,5,7,11H2,1-4H3. The summed E-state index contributed by atoms with van der Waals surface area (Å²) in [7, 11) is 4.08. The van der Waals surface area contributed by atoms with Gasteiger partial charge in [0.2, 0.25) is 0 Å². The fraction of sp³-hybridized carbons (Fsp3) is 0.800. The van der Waals surface area contributed by atoms with Crippen LogP contribution < -0.4 is 11.3 Å². The van der Waals surface area contributed by atoms with E-state index in [0.29, 0.717) is 0 Å². The van der Waals surface area contributed by atoms with Gasteiger partial charge in [-0.25, -0.2) is 5.43 Å². The van der Waals surface area contributed by atoms with Gasteiger partial charge in [-0.15, -0.1) is 0 Å². The molecule has 0 aromatic carbocycles. The lowest BCUT2D eigenvalue weighted by Gasteiger charge is -2.39. The summed E-state index contributed by atoms with van der Waals surface area (Å²) in [6.45, 7) is 5.05. The summed E-state index contributed by atoms with van der Waals surface area (Å²) in [5.74, 6) is 6.54. The van der Waals surface area contributed by atoms with Crippen molar-refractivity contribution in [2.45, 2.75) is 31.8 Å². The third kappa shape index (κ3) is 2.08. The molecule has 0 radical (unpaired) electrons. The van der Waals surface area contributed by atoms with Crippen molar-refractivity contribution in [3.63, 3.8) is 0 Å². The fourth-order valence-corrected chi connectivity index (χ4v) is 1.53. The van der Waals surface area contributed by atoms with Gasteiger partial charge in [0.25, 0.3) is 0 Å². The monoisotopic (exact) mass is 199 g/mol. The Morgan fingerprint density at radius 3 is 2.57 bits per heavy atom. The van der Waals surface area contributed by atoms with Gasteiger partial charge in [0.15, 0.2) is 0 Å². The smallest absolute Gasteiger partial charge is 0.112 e. The van der Waals surface area contributed by atoms with Gasteiger partial charge >= 0.3 is 0 Å². The van der Waals surface area contributed by atoms with Crippen LogP contribution in [0.25, 0.3) is 0 Å². The Morgan fingerprint density at radius 2 is 2.21 bits per heavy atom. The predicted molar refractivity (Wildman–Crippen MR) is 57.5 cm³/mol. The highest BCUT2D eigenvalue weighted by Crippen LogP contribution is 2.24. The molecule has 3 N–H and O–H groups in total. The first-order chi connectivity index (χ1) is 6.50. The summed E-state index contributed by atoms with van der Waals surface area (Å²) in [5, 5.41) is 0. The Labute approximate surface area is 86.1 Å². The minimum Gasteiger partial charge on any atom is -0.496 e. The van der Waals surface area contributed by atoms with E-state index >= 15 is 0 Å². The number of nitrogens with one attached hydrogen (secondary N) is 1. The zero-order valence-corrected chi connectivity index (χ0v) is 9.50. The van der Waals surface area contributed by atoms with Crippen molar-refractivity contribution in [1.82, 2.24) is 10.3 Å². The van der Waals surface area contributed by atoms with Crippen LogP contribution in [0.5, 0.6) is 0 Å². The number of nitrogens with two attached hydrogens (primary N) is 1. The van der Waals surface area contributed by atoms with Gasteiger partial charge in [-0.05, 0) is 34.0 Å². The molecule has 1 atom stereocenters.